The molecule has 0 aliphatic heterocycles. The standard InChI is InChI=1S/C23H21N3O5/c1-3-30-23(29)17-8-6-16(7-9-17)20-13-12-19(31-20)14-24-26-22(28)21(27)25-18-10-4-15(2)5-11-18/h4-14H,3H2,1-2H3,(H,25,27)(H,26,28)/b24-14-. The molecule has 2 amide bonds. The number of ether oxygens (including phenoxy) is 1. The summed E-state index contributed by atoms with van der Waals surface area (Å²) in [6.07, 6.45) is 1.29. The Morgan fingerprint density at radius 1 is 0.968 bits per heavy atom. The molecular weight excluding hydrogens is 398 g/mol. The second-order valence-corrected chi connectivity index (χ2v) is 6.52. The van der Waals surface area contributed by atoms with Gasteiger partial charge in [-0.3, -0.25) is 9.59 Å². The molecule has 31 heavy (non-hydrogen) atoms. The van der Waals surface area contributed by atoms with Gasteiger partial charge >= 0.3 is 17.8 Å². The van der Waals surface area contributed by atoms with Crippen LogP contribution in [0.25, 0.3) is 11.3 Å². The third kappa shape index (κ3) is 5.89. The lowest BCUT2D eigenvalue weighted by molar-refractivity contribution is -0.136. The lowest BCUT2D eigenvalue weighted by Crippen LogP contribution is -2.32. The summed E-state index contributed by atoms with van der Waals surface area (Å²) in [5.41, 5.74) is 4.91. The molecule has 1 heterocycles. The number of furan rings is 1. The number of nitrogens with one attached hydrogen (secondary N) is 2. The van der Waals surface area contributed by atoms with E-state index in [1.54, 1.807) is 55.5 Å². The third-order valence-corrected chi connectivity index (χ3v) is 4.18. The van der Waals surface area contributed by atoms with Crippen LogP contribution in [0.5, 0.6) is 0 Å². The van der Waals surface area contributed by atoms with Gasteiger partial charge in [0, 0.05) is 11.3 Å². The molecule has 0 spiro atoms. The summed E-state index contributed by atoms with van der Waals surface area (Å²) in [5.74, 6) is -1.19. The van der Waals surface area contributed by atoms with Crippen LogP contribution in [0, 0.1) is 6.92 Å². The molecule has 0 radical (unpaired) electrons. The molecule has 0 saturated carbocycles. The number of amides is 2. The molecule has 3 rings (SSSR count). The van der Waals surface area contributed by atoms with E-state index >= 15 is 0 Å². The first-order valence-corrected chi connectivity index (χ1v) is 9.54. The quantitative estimate of drug-likeness (QED) is 0.275. The molecule has 0 bridgehead atoms. The van der Waals surface area contributed by atoms with E-state index in [1.165, 1.54) is 6.21 Å². The van der Waals surface area contributed by atoms with Crippen molar-refractivity contribution in [3.63, 3.8) is 0 Å². The predicted octanol–water partition coefficient (Wildman–Crippen LogP) is 3.52. The van der Waals surface area contributed by atoms with Crippen LogP contribution in [0.15, 0.2) is 70.2 Å². The maximum absolute atomic E-state index is 11.9. The fourth-order valence-corrected chi connectivity index (χ4v) is 2.59. The van der Waals surface area contributed by atoms with E-state index < -0.39 is 11.8 Å². The van der Waals surface area contributed by atoms with E-state index in [0.717, 1.165) is 11.1 Å². The third-order valence-electron chi connectivity index (χ3n) is 4.18. The van der Waals surface area contributed by atoms with Gasteiger partial charge in [0.15, 0.2) is 0 Å². The number of carbonyl (C=O) groups is 3. The van der Waals surface area contributed by atoms with Crippen molar-refractivity contribution < 1.29 is 23.5 Å². The van der Waals surface area contributed by atoms with Crippen LogP contribution in [0.4, 0.5) is 5.69 Å². The molecule has 8 heteroatoms. The molecule has 1 aromatic heterocycles. The first-order chi connectivity index (χ1) is 15.0. The number of hydrogen-bond acceptors (Lipinski definition) is 6. The molecule has 0 aliphatic carbocycles. The Balaban J connectivity index is 1.55. The van der Waals surface area contributed by atoms with Gasteiger partial charge in [0.05, 0.1) is 18.4 Å². The molecule has 2 N–H and O–H groups in total. The predicted molar refractivity (Wildman–Crippen MR) is 116 cm³/mol. The highest BCUT2D eigenvalue weighted by molar-refractivity contribution is 6.39. The number of carbonyl (C=O) groups excluding carboxylic acids is 3. The zero-order valence-electron chi connectivity index (χ0n) is 17.0. The minimum absolute atomic E-state index is 0.311. The second kappa shape index (κ2) is 10.0. The molecule has 0 unspecified atom stereocenters. The van der Waals surface area contributed by atoms with Crippen molar-refractivity contribution in [1.29, 1.82) is 0 Å². The van der Waals surface area contributed by atoms with Crippen molar-refractivity contribution >= 4 is 29.7 Å². The van der Waals surface area contributed by atoms with E-state index in [0.29, 0.717) is 29.4 Å². The number of hydrogen-bond donors (Lipinski definition) is 2. The van der Waals surface area contributed by atoms with E-state index in [-0.39, 0.29) is 5.97 Å². The summed E-state index contributed by atoms with van der Waals surface area (Å²) in [5, 5.41) is 6.23. The van der Waals surface area contributed by atoms with E-state index in [4.69, 9.17) is 9.15 Å². The van der Waals surface area contributed by atoms with Crippen LogP contribution < -0.4 is 10.7 Å². The Labute approximate surface area is 178 Å². The van der Waals surface area contributed by atoms with Crippen LogP contribution in [0.3, 0.4) is 0 Å². The SMILES string of the molecule is CCOC(=O)c1ccc(-c2ccc(/C=N\NC(=O)C(=O)Nc3ccc(C)cc3)o2)cc1. The highest BCUT2D eigenvalue weighted by atomic mass is 16.5. The summed E-state index contributed by atoms with van der Waals surface area (Å²) in [6, 6.07) is 17.2. The number of hydrazone groups is 1. The van der Waals surface area contributed by atoms with Crippen LogP contribution in [-0.2, 0) is 14.3 Å². The van der Waals surface area contributed by atoms with Gasteiger partial charge in [0.25, 0.3) is 0 Å². The van der Waals surface area contributed by atoms with Gasteiger partial charge in [0.2, 0.25) is 0 Å². The van der Waals surface area contributed by atoms with Crippen molar-refractivity contribution in [2.45, 2.75) is 13.8 Å². The van der Waals surface area contributed by atoms with Crippen LogP contribution >= 0.6 is 0 Å². The summed E-state index contributed by atoms with van der Waals surface area (Å²) >= 11 is 0. The number of rotatable bonds is 6. The Bertz CT molecular complexity index is 1100. The molecule has 0 aliphatic rings. The lowest BCUT2D eigenvalue weighted by atomic mass is 10.1. The number of benzene rings is 2. The van der Waals surface area contributed by atoms with Crippen molar-refractivity contribution in [1.82, 2.24) is 5.43 Å². The van der Waals surface area contributed by atoms with Gasteiger partial charge in [-0.2, -0.15) is 5.10 Å². The Morgan fingerprint density at radius 3 is 2.35 bits per heavy atom. The van der Waals surface area contributed by atoms with Gasteiger partial charge in [-0.15, -0.1) is 0 Å². The normalized spacial score (nSPS) is 10.6. The van der Waals surface area contributed by atoms with Crippen molar-refractivity contribution in [2.24, 2.45) is 5.10 Å². The maximum atomic E-state index is 11.9. The lowest BCUT2D eigenvalue weighted by Gasteiger charge is -2.03. The molecule has 3 aromatic rings. The second-order valence-electron chi connectivity index (χ2n) is 6.52. The van der Waals surface area contributed by atoms with Crippen molar-refractivity contribution in [3.8, 4) is 11.3 Å². The highest BCUT2D eigenvalue weighted by Gasteiger charge is 2.13. The molecule has 0 saturated heterocycles. The topological polar surface area (TPSA) is 110 Å². The molecular formula is C23H21N3O5. The highest BCUT2D eigenvalue weighted by Crippen LogP contribution is 2.22. The molecule has 2 aromatic carbocycles. The Hall–Kier alpha value is -4.20. The van der Waals surface area contributed by atoms with E-state index in [9.17, 15) is 14.4 Å². The zero-order chi connectivity index (χ0) is 22.2. The molecule has 0 atom stereocenters. The average Bonchev–Trinajstić information content (AvgIpc) is 3.24. The first kappa shape index (κ1) is 21.5. The zero-order valence-corrected chi connectivity index (χ0v) is 17.0. The number of aryl methyl sites for hydroxylation is 1. The summed E-state index contributed by atoms with van der Waals surface area (Å²) in [6.45, 7) is 3.98. The Morgan fingerprint density at radius 2 is 1.68 bits per heavy atom. The maximum Gasteiger partial charge on any atom is 0.338 e. The Kier molecular flexibility index (Phi) is 6.95. The molecule has 8 nitrogen and oxygen atoms in total. The van der Waals surface area contributed by atoms with Crippen molar-refractivity contribution in [3.05, 3.63) is 77.6 Å². The van der Waals surface area contributed by atoms with Crippen LogP contribution in [0.2, 0.25) is 0 Å². The number of esters is 1. The fraction of sp³-hybridized carbons (Fsp3) is 0.130. The van der Waals surface area contributed by atoms with Gasteiger partial charge in [-0.25, -0.2) is 10.2 Å². The largest absolute Gasteiger partial charge is 0.462 e. The van der Waals surface area contributed by atoms with E-state index in [1.807, 2.05) is 19.1 Å². The number of nitrogens with zero attached hydrogens (tertiary/aromatic N) is 1. The minimum Gasteiger partial charge on any atom is -0.462 e. The van der Waals surface area contributed by atoms with Gasteiger partial charge in [-0.05, 0) is 50.2 Å². The summed E-state index contributed by atoms with van der Waals surface area (Å²) < 4.78 is 10.6. The van der Waals surface area contributed by atoms with E-state index in [2.05, 4.69) is 15.8 Å². The summed E-state index contributed by atoms with van der Waals surface area (Å²) in [7, 11) is 0. The van der Waals surface area contributed by atoms with Gasteiger partial charge in [-0.1, -0.05) is 29.8 Å². The number of anilines is 1. The van der Waals surface area contributed by atoms with Gasteiger partial charge in [0.1, 0.15) is 11.5 Å². The molecule has 158 valence electrons. The van der Waals surface area contributed by atoms with Crippen LogP contribution in [0.1, 0.15) is 28.6 Å². The molecule has 0 fully saturated rings. The van der Waals surface area contributed by atoms with Crippen molar-refractivity contribution in [2.75, 3.05) is 11.9 Å². The van der Waals surface area contributed by atoms with Crippen LogP contribution in [-0.4, -0.2) is 30.6 Å². The monoisotopic (exact) mass is 419 g/mol. The summed E-state index contributed by atoms with van der Waals surface area (Å²) in [4.78, 5) is 35.5. The first-order valence-electron chi connectivity index (χ1n) is 9.54. The smallest absolute Gasteiger partial charge is 0.338 e. The van der Waals surface area contributed by atoms with Gasteiger partial charge < -0.3 is 14.5 Å². The fourth-order valence-electron chi connectivity index (χ4n) is 2.59. The minimum atomic E-state index is -0.904. The average molecular weight is 419 g/mol.